The second kappa shape index (κ2) is 7.53. The highest BCUT2D eigenvalue weighted by atomic mass is 35.5. The first kappa shape index (κ1) is 18.1. The van der Waals surface area contributed by atoms with Crippen molar-refractivity contribution in [2.45, 2.75) is 0 Å². The molecule has 0 aromatic heterocycles. The maximum absolute atomic E-state index is 13.6. The Morgan fingerprint density at radius 3 is 2.32 bits per heavy atom. The highest BCUT2D eigenvalue weighted by Crippen LogP contribution is 2.28. The van der Waals surface area contributed by atoms with Gasteiger partial charge < -0.3 is 10.1 Å². The Morgan fingerprint density at radius 1 is 1.12 bits per heavy atom. The largest absolute Gasteiger partial charge is 0.482 e. The fourth-order valence-corrected chi connectivity index (χ4v) is 2.00. The molecule has 0 aliphatic carbocycles. The van der Waals surface area contributed by atoms with Gasteiger partial charge >= 0.3 is 0 Å². The van der Waals surface area contributed by atoms with Crippen LogP contribution in [0.3, 0.4) is 0 Å². The van der Waals surface area contributed by atoms with E-state index in [2.05, 4.69) is 5.32 Å². The summed E-state index contributed by atoms with van der Waals surface area (Å²) in [6, 6.07) is 6.07. The highest BCUT2D eigenvalue weighted by Gasteiger charge is 2.15. The van der Waals surface area contributed by atoms with Gasteiger partial charge in [0.1, 0.15) is 11.6 Å². The first-order valence-electron chi connectivity index (χ1n) is 6.58. The third-order valence-corrected chi connectivity index (χ3v) is 3.22. The number of non-ortho nitro benzene ring substituents is 2. The van der Waals surface area contributed by atoms with E-state index in [1.54, 1.807) is 0 Å². The summed E-state index contributed by atoms with van der Waals surface area (Å²) in [6.07, 6.45) is 0. The quantitative estimate of drug-likeness (QED) is 0.615. The number of nitrogens with zero attached hydrogens (tertiary/aromatic N) is 2. The Hall–Kier alpha value is -3.27. The topological polar surface area (TPSA) is 125 Å². The van der Waals surface area contributed by atoms with Crippen molar-refractivity contribution >= 4 is 34.6 Å². The van der Waals surface area contributed by atoms with Gasteiger partial charge in [-0.25, -0.2) is 4.39 Å². The molecule has 0 saturated heterocycles. The van der Waals surface area contributed by atoms with Crippen LogP contribution in [0.5, 0.6) is 5.75 Å². The molecule has 0 saturated carbocycles. The minimum Gasteiger partial charge on any atom is -0.482 e. The molecule has 0 fully saturated rings. The van der Waals surface area contributed by atoms with E-state index < -0.39 is 33.9 Å². The van der Waals surface area contributed by atoms with Crippen LogP contribution in [-0.4, -0.2) is 22.4 Å². The Labute approximate surface area is 144 Å². The van der Waals surface area contributed by atoms with Crippen LogP contribution in [0.4, 0.5) is 21.5 Å². The molecule has 9 nitrogen and oxygen atoms in total. The van der Waals surface area contributed by atoms with Gasteiger partial charge in [-0.3, -0.25) is 25.0 Å². The van der Waals surface area contributed by atoms with Gasteiger partial charge in [-0.15, -0.1) is 0 Å². The average Bonchev–Trinajstić information content (AvgIpc) is 2.55. The molecule has 0 bridgehead atoms. The van der Waals surface area contributed by atoms with Crippen molar-refractivity contribution < 1.29 is 23.8 Å². The van der Waals surface area contributed by atoms with Crippen molar-refractivity contribution in [1.82, 2.24) is 0 Å². The number of amides is 1. The molecule has 0 radical (unpaired) electrons. The molecule has 0 unspecified atom stereocenters. The van der Waals surface area contributed by atoms with Crippen LogP contribution in [0, 0.1) is 26.0 Å². The lowest BCUT2D eigenvalue weighted by atomic mass is 10.2. The van der Waals surface area contributed by atoms with E-state index in [9.17, 15) is 29.4 Å². The number of nitrogens with one attached hydrogen (secondary N) is 1. The Bertz CT molecular complexity index is 860. The number of carbonyl (C=O) groups excluding carboxylic acids is 1. The third-order valence-electron chi connectivity index (χ3n) is 2.92. The molecule has 2 rings (SSSR count). The van der Waals surface area contributed by atoms with Gasteiger partial charge in [-0.05, 0) is 12.1 Å². The summed E-state index contributed by atoms with van der Waals surface area (Å²) in [6.45, 7) is -0.584. The van der Waals surface area contributed by atoms with Gasteiger partial charge in [0, 0.05) is 24.3 Å². The maximum atomic E-state index is 13.6. The predicted octanol–water partition coefficient (Wildman–Crippen LogP) is 3.31. The van der Waals surface area contributed by atoms with Gasteiger partial charge in [0.2, 0.25) is 0 Å². The summed E-state index contributed by atoms with van der Waals surface area (Å²) in [5.74, 6) is -1.64. The summed E-state index contributed by atoms with van der Waals surface area (Å²) < 4.78 is 18.7. The lowest BCUT2D eigenvalue weighted by Crippen LogP contribution is -2.21. The number of benzene rings is 2. The smallest absolute Gasteiger partial charge is 0.271 e. The summed E-state index contributed by atoms with van der Waals surface area (Å²) in [4.78, 5) is 31.7. The molecule has 1 amide bonds. The summed E-state index contributed by atoms with van der Waals surface area (Å²) in [5, 5.41) is 23.3. The molecule has 2 aromatic carbocycles. The zero-order valence-electron chi connectivity index (χ0n) is 12.3. The van der Waals surface area contributed by atoms with Gasteiger partial charge in [-0.2, -0.15) is 0 Å². The molecule has 11 heteroatoms. The van der Waals surface area contributed by atoms with E-state index in [4.69, 9.17) is 16.3 Å². The maximum Gasteiger partial charge on any atom is 0.271 e. The number of rotatable bonds is 6. The lowest BCUT2D eigenvalue weighted by Gasteiger charge is -2.09. The molecule has 0 spiro atoms. The van der Waals surface area contributed by atoms with Crippen LogP contribution in [0.15, 0.2) is 36.4 Å². The molecule has 130 valence electrons. The number of anilines is 1. The lowest BCUT2D eigenvalue weighted by molar-refractivity contribution is -0.385. The molecular weight excluding hydrogens is 361 g/mol. The summed E-state index contributed by atoms with van der Waals surface area (Å²) in [7, 11) is 0. The van der Waals surface area contributed by atoms with E-state index in [0.717, 1.165) is 30.3 Å². The number of halogens is 2. The minimum atomic E-state index is -0.854. The van der Waals surface area contributed by atoms with Crippen molar-refractivity contribution in [2.24, 2.45) is 0 Å². The van der Waals surface area contributed by atoms with Crippen molar-refractivity contribution in [2.75, 3.05) is 11.9 Å². The second-order valence-electron chi connectivity index (χ2n) is 4.63. The van der Waals surface area contributed by atoms with E-state index in [1.807, 2.05) is 0 Å². The van der Waals surface area contributed by atoms with E-state index in [0.29, 0.717) is 0 Å². The summed E-state index contributed by atoms with van der Waals surface area (Å²) in [5.41, 5.74) is -1.02. The Kier molecular flexibility index (Phi) is 5.45. The van der Waals surface area contributed by atoms with Gasteiger partial charge in [0.05, 0.1) is 20.6 Å². The average molecular weight is 370 g/mol. The predicted molar refractivity (Wildman–Crippen MR) is 85.3 cm³/mol. The third kappa shape index (κ3) is 4.61. The zero-order chi connectivity index (χ0) is 18.6. The second-order valence-corrected chi connectivity index (χ2v) is 5.04. The fourth-order valence-electron chi connectivity index (χ4n) is 1.77. The van der Waals surface area contributed by atoms with Gasteiger partial charge in [0.15, 0.2) is 6.61 Å². The SMILES string of the molecule is O=C(COc1ccc([N+](=O)[O-])cc1Cl)Nc1cc([N+](=O)[O-])ccc1F. The van der Waals surface area contributed by atoms with Crippen molar-refractivity contribution in [1.29, 1.82) is 0 Å². The fraction of sp³-hybridized carbons (Fsp3) is 0.0714. The van der Waals surface area contributed by atoms with Crippen molar-refractivity contribution in [3.05, 3.63) is 67.5 Å². The van der Waals surface area contributed by atoms with Crippen molar-refractivity contribution in [3.63, 3.8) is 0 Å². The van der Waals surface area contributed by atoms with Crippen LogP contribution in [0.25, 0.3) is 0 Å². The number of hydrogen-bond donors (Lipinski definition) is 1. The standard InChI is InChI=1S/C14H9ClFN3O6/c15-10-5-8(18(21)22)2-4-13(10)25-7-14(20)17-12-6-9(19(23)24)1-3-11(12)16/h1-6H,7H2,(H,17,20). The zero-order valence-corrected chi connectivity index (χ0v) is 13.0. The first-order valence-corrected chi connectivity index (χ1v) is 6.96. The minimum absolute atomic E-state index is 0.0157. The highest BCUT2D eigenvalue weighted by molar-refractivity contribution is 6.32. The van der Waals surface area contributed by atoms with E-state index in [1.165, 1.54) is 6.07 Å². The van der Waals surface area contributed by atoms with Crippen LogP contribution in [-0.2, 0) is 4.79 Å². The molecular formula is C14H9ClFN3O6. The Morgan fingerprint density at radius 2 is 1.72 bits per heavy atom. The number of ether oxygens (including phenoxy) is 1. The normalized spacial score (nSPS) is 10.2. The molecule has 1 N–H and O–H groups in total. The summed E-state index contributed by atoms with van der Waals surface area (Å²) >= 11 is 5.80. The monoisotopic (exact) mass is 369 g/mol. The van der Waals surface area contributed by atoms with Gasteiger partial charge in [0.25, 0.3) is 17.3 Å². The van der Waals surface area contributed by atoms with Crippen molar-refractivity contribution in [3.8, 4) is 5.75 Å². The number of carbonyl (C=O) groups is 1. The molecule has 0 aliphatic rings. The van der Waals surface area contributed by atoms with Crippen LogP contribution >= 0.6 is 11.6 Å². The Balaban J connectivity index is 2.03. The number of hydrogen-bond acceptors (Lipinski definition) is 6. The van der Waals surface area contributed by atoms with Crippen LogP contribution < -0.4 is 10.1 Å². The number of nitro benzene ring substituents is 2. The molecule has 25 heavy (non-hydrogen) atoms. The molecule has 0 heterocycles. The molecule has 0 aliphatic heterocycles. The first-order chi connectivity index (χ1) is 11.8. The van der Waals surface area contributed by atoms with E-state index >= 15 is 0 Å². The van der Waals surface area contributed by atoms with Crippen LogP contribution in [0.2, 0.25) is 5.02 Å². The van der Waals surface area contributed by atoms with Crippen LogP contribution in [0.1, 0.15) is 0 Å². The molecule has 2 aromatic rings. The van der Waals surface area contributed by atoms with Gasteiger partial charge in [-0.1, -0.05) is 11.6 Å². The number of nitro groups is 2. The van der Waals surface area contributed by atoms with E-state index in [-0.39, 0.29) is 22.1 Å². The molecule has 0 atom stereocenters.